The number of benzene rings is 1. The highest BCUT2D eigenvalue weighted by molar-refractivity contribution is 7.89. The van der Waals surface area contributed by atoms with Crippen LogP contribution >= 0.6 is 0 Å². The Balaban J connectivity index is 2.24. The molecule has 0 aliphatic carbocycles. The number of halogens is 3. The molecule has 6 nitrogen and oxygen atoms in total. The van der Waals surface area contributed by atoms with E-state index in [0.717, 1.165) is 31.0 Å². The molecule has 0 saturated carbocycles. The molecule has 0 bridgehead atoms. The van der Waals surface area contributed by atoms with E-state index in [1.807, 2.05) is 0 Å². The van der Waals surface area contributed by atoms with Crippen LogP contribution in [0.25, 0.3) is 0 Å². The fourth-order valence-corrected chi connectivity index (χ4v) is 4.58. The zero-order valence-electron chi connectivity index (χ0n) is 15.9. The molecule has 0 unspecified atom stereocenters. The van der Waals surface area contributed by atoms with Crippen molar-refractivity contribution >= 4 is 15.9 Å². The van der Waals surface area contributed by atoms with Gasteiger partial charge in [0.05, 0.1) is 10.5 Å². The molecule has 1 heterocycles. The van der Waals surface area contributed by atoms with Crippen LogP contribution in [0.4, 0.5) is 13.2 Å². The zero-order valence-corrected chi connectivity index (χ0v) is 16.7. The average molecular weight is 421 g/mol. The number of hydrogen-bond acceptors (Lipinski definition) is 4. The first-order chi connectivity index (χ1) is 13.0. The fraction of sp³-hybridized carbons (Fsp3) is 0.611. The van der Waals surface area contributed by atoms with E-state index in [1.165, 1.54) is 0 Å². The molecule has 1 aliphatic rings. The molecule has 10 heteroatoms. The maximum atomic E-state index is 12.9. The van der Waals surface area contributed by atoms with E-state index in [1.54, 1.807) is 18.7 Å². The van der Waals surface area contributed by atoms with Crippen LogP contribution in [0, 0.1) is 11.8 Å². The van der Waals surface area contributed by atoms with Crippen LogP contribution in [0.2, 0.25) is 0 Å². The first kappa shape index (κ1) is 22.6. The Bertz CT molecular complexity index is 797. The van der Waals surface area contributed by atoms with Crippen LogP contribution in [-0.2, 0) is 21.0 Å². The van der Waals surface area contributed by atoms with Crippen molar-refractivity contribution < 1.29 is 26.4 Å². The van der Waals surface area contributed by atoms with Crippen LogP contribution in [0.15, 0.2) is 29.2 Å². The van der Waals surface area contributed by atoms with Gasteiger partial charge in [0.15, 0.2) is 0 Å². The van der Waals surface area contributed by atoms with Gasteiger partial charge in [-0.3, -0.25) is 4.79 Å². The van der Waals surface area contributed by atoms with Gasteiger partial charge in [-0.25, -0.2) is 8.42 Å². The molecule has 1 aromatic rings. The Morgan fingerprint density at radius 1 is 1.36 bits per heavy atom. The summed E-state index contributed by atoms with van der Waals surface area (Å²) < 4.78 is 66.3. The van der Waals surface area contributed by atoms with E-state index in [0.29, 0.717) is 25.7 Å². The summed E-state index contributed by atoms with van der Waals surface area (Å²) in [6.07, 6.45) is -2.98. The number of likely N-dealkylation sites (tertiary alicyclic amines) is 1. The number of nitrogens with two attached hydrogens (primary N) is 1. The molecule has 1 amide bonds. The molecule has 0 spiro atoms. The summed E-state index contributed by atoms with van der Waals surface area (Å²) in [6.45, 7) is 4.75. The molecule has 2 rings (SSSR count). The molecule has 1 aromatic carbocycles. The van der Waals surface area contributed by atoms with E-state index < -0.39 is 32.7 Å². The first-order valence-corrected chi connectivity index (χ1v) is 10.6. The third-order valence-electron chi connectivity index (χ3n) is 4.85. The standard InChI is InChI=1S/C18H26F3N3O3S/c1-12(2)16(17(25)24-8-4-5-13(10-22)11-24)23-28(26,27)15-7-3-6-14(9-15)18(19,20)21/h3,6-7,9,12-13,16,23H,4-5,8,10-11,22H2,1-2H3/t13-,16+/m1/s1. The largest absolute Gasteiger partial charge is 0.416 e. The lowest BCUT2D eigenvalue weighted by molar-refractivity contribution is -0.138. The molecule has 1 saturated heterocycles. The monoisotopic (exact) mass is 421 g/mol. The lowest BCUT2D eigenvalue weighted by atomic mass is 9.96. The van der Waals surface area contributed by atoms with Crippen molar-refractivity contribution in [2.75, 3.05) is 19.6 Å². The van der Waals surface area contributed by atoms with Crippen LogP contribution in [0.3, 0.4) is 0 Å². The maximum Gasteiger partial charge on any atom is 0.416 e. The molecule has 3 N–H and O–H groups in total. The number of nitrogens with one attached hydrogen (secondary N) is 1. The van der Waals surface area contributed by atoms with Crippen molar-refractivity contribution in [1.82, 2.24) is 9.62 Å². The number of piperidine rings is 1. The molecular weight excluding hydrogens is 395 g/mol. The fourth-order valence-electron chi connectivity index (χ4n) is 3.20. The van der Waals surface area contributed by atoms with Gasteiger partial charge >= 0.3 is 6.18 Å². The minimum atomic E-state index is -4.66. The smallest absolute Gasteiger partial charge is 0.341 e. The van der Waals surface area contributed by atoms with E-state index in [9.17, 15) is 26.4 Å². The lowest BCUT2D eigenvalue weighted by Gasteiger charge is -2.35. The van der Waals surface area contributed by atoms with Gasteiger partial charge in [-0.05, 0) is 49.4 Å². The Morgan fingerprint density at radius 2 is 2.04 bits per heavy atom. The summed E-state index contributed by atoms with van der Waals surface area (Å²) in [4.78, 5) is 14.0. The second-order valence-electron chi connectivity index (χ2n) is 7.40. The Hall–Kier alpha value is -1.65. The molecule has 28 heavy (non-hydrogen) atoms. The van der Waals surface area contributed by atoms with Crippen molar-refractivity contribution in [3.63, 3.8) is 0 Å². The molecule has 1 aliphatic heterocycles. The second kappa shape index (κ2) is 8.79. The molecule has 2 atom stereocenters. The Kier molecular flexibility index (Phi) is 7.11. The molecule has 0 radical (unpaired) electrons. The number of carbonyl (C=O) groups is 1. The lowest BCUT2D eigenvalue weighted by Crippen LogP contribution is -2.53. The van der Waals surface area contributed by atoms with E-state index >= 15 is 0 Å². The normalized spacial score (nSPS) is 19.7. The zero-order chi connectivity index (χ0) is 21.1. The second-order valence-corrected chi connectivity index (χ2v) is 9.11. The van der Waals surface area contributed by atoms with Crippen LogP contribution < -0.4 is 10.5 Å². The Labute approximate surface area is 163 Å². The minimum absolute atomic E-state index is 0.158. The average Bonchev–Trinajstić information content (AvgIpc) is 2.65. The van der Waals surface area contributed by atoms with Crippen LogP contribution in [0.5, 0.6) is 0 Å². The number of rotatable bonds is 6. The number of alkyl halides is 3. The van der Waals surface area contributed by atoms with Gasteiger partial charge < -0.3 is 10.6 Å². The van der Waals surface area contributed by atoms with E-state index in [4.69, 9.17) is 5.73 Å². The van der Waals surface area contributed by atoms with Crippen molar-refractivity contribution in [3.8, 4) is 0 Å². The molecule has 158 valence electrons. The van der Waals surface area contributed by atoms with Crippen molar-refractivity contribution in [2.45, 2.75) is 43.8 Å². The number of sulfonamides is 1. The summed E-state index contributed by atoms with van der Waals surface area (Å²) in [5, 5.41) is 0. The highest BCUT2D eigenvalue weighted by Crippen LogP contribution is 2.30. The quantitative estimate of drug-likeness (QED) is 0.737. The van der Waals surface area contributed by atoms with Crippen LogP contribution in [0.1, 0.15) is 32.3 Å². The molecule has 0 aromatic heterocycles. The maximum absolute atomic E-state index is 12.9. The van der Waals surface area contributed by atoms with Crippen molar-refractivity contribution in [1.29, 1.82) is 0 Å². The third-order valence-corrected chi connectivity index (χ3v) is 6.29. The SMILES string of the molecule is CC(C)[C@H](NS(=O)(=O)c1cccc(C(F)(F)F)c1)C(=O)N1CCC[C@H](CN)C1. The Morgan fingerprint density at radius 3 is 2.61 bits per heavy atom. The summed E-state index contributed by atoms with van der Waals surface area (Å²) in [7, 11) is -4.31. The van der Waals surface area contributed by atoms with Gasteiger partial charge in [0.25, 0.3) is 0 Å². The highest BCUT2D eigenvalue weighted by atomic mass is 32.2. The summed E-state index contributed by atoms with van der Waals surface area (Å²) in [6, 6.07) is 2.39. The first-order valence-electron chi connectivity index (χ1n) is 9.14. The number of amides is 1. The van der Waals surface area contributed by atoms with Crippen LogP contribution in [-0.4, -0.2) is 44.9 Å². The highest BCUT2D eigenvalue weighted by Gasteiger charge is 2.35. The predicted octanol–water partition coefficient (Wildman–Crippen LogP) is 2.21. The summed E-state index contributed by atoms with van der Waals surface area (Å²) in [5.41, 5.74) is 4.62. The predicted molar refractivity (Wildman–Crippen MR) is 98.7 cm³/mol. The summed E-state index contributed by atoms with van der Waals surface area (Å²) >= 11 is 0. The van der Waals surface area contributed by atoms with Crippen molar-refractivity contribution in [3.05, 3.63) is 29.8 Å². The number of carbonyl (C=O) groups excluding carboxylic acids is 1. The number of hydrogen-bond donors (Lipinski definition) is 2. The molecular formula is C18H26F3N3O3S. The van der Waals surface area contributed by atoms with Crippen molar-refractivity contribution in [2.24, 2.45) is 17.6 Å². The third kappa shape index (κ3) is 5.45. The van der Waals surface area contributed by atoms with E-state index in [-0.39, 0.29) is 17.7 Å². The molecule has 1 fully saturated rings. The van der Waals surface area contributed by atoms with Gasteiger partial charge in [0, 0.05) is 13.1 Å². The van der Waals surface area contributed by atoms with E-state index in [2.05, 4.69) is 4.72 Å². The number of nitrogens with zero attached hydrogens (tertiary/aromatic N) is 1. The van der Waals surface area contributed by atoms with Gasteiger partial charge in [-0.2, -0.15) is 17.9 Å². The topological polar surface area (TPSA) is 92.5 Å². The van der Waals surface area contributed by atoms with Gasteiger partial charge in [-0.1, -0.05) is 19.9 Å². The van der Waals surface area contributed by atoms with Gasteiger partial charge in [0.1, 0.15) is 6.04 Å². The minimum Gasteiger partial charge on any atom is -0.341 e. The van der Waals surface area contributed by atoms with Gasteiger partial charge in [0.2, 0.25) is 15.9 Å². The summed E-state index contributed by atoms with van der Waals surface area (Å²) in [5.74, 6) is -0.611. The van der Waals surface area contributed by atoms with Gasteiger partial charge in [-0.15, -0.1) is 0 Å².